The van der Waals surface area contributed by atoms with Gasteiger partial charge in [0.25, 0.3) is 0 Å². The first-order valence-corrected chi connectivity index (χ1v) is 23.8. The van der Waals surface area contributed by atoms with Crippen molar-refractivity contribution in [3.05, 3.63) is 95.1 Å². The Morgan fingerprint density at radius 3 is 0.893 bits per heavy atom. The summed E-state index contributed by atoms with van der Waals surface area (Å²) in [6.45, 7) is 1.27. The molecule has 0 fully saturated rings. The monoisotopic (exact) mass is 1020 g/mol. The predicted molar refractivity (Wildman–Crippen MR) is 233 cm³/mol. The summed E-state index contributed by atoms with van der Waals surface area (Å²) in [5, 5.41) is 4.01. The summed E-state index contributed by atoms with van der Waals surface area (Å²) in [6, 6.07) is 25.3. The molecule has 0 spiro atoms. The summed E-state index contributed by atoms with van der Waals surface area (Å²) in [7, 11) is 0. The molecule has 300 valence electrons. The Morgan fingerprint density at radius 2 is 0.625 bits per heavy atom. The van der Waals surface area contributed by atoms with Crippen LogP contribution in [0.2, 0.25) is 0 Å². The van der Waals surface area contributed by atoms with Gasteiger partial charge >= 0.3 is 0 Å². The smallest absolute Gasteiger partial charge is 0.231 e. The Kier molecular flexibility index (Phi) is 15.3. The van der Waals surface area contributed by atoms with Gasteiger partial charge in [-0.05, 0) is 146 Å². The standard InChI is InChI=1S/2C22H24Br2O4/c2*23-7-1-2-17(8-15-3-5-19-21(10-15)27-13-25-19)18(12-24)9-16-4-6-20-22(11-16)28-14-26-20/h2*3-6,10-11,17-18H,1-2,7-9,12-14H2/t2*17-,18+/m10/s1. The third-order valence-corrected chi connectivity index (χ3v) is 13.7. The molecular formula is C44H48Br4O8. The molecule has 0 bridgehead atoms. The largest absolute Gasteiger partial charge is 0.454 e. The highest BCUT2D eigenvalue weighted by molar-refractivity contribution is 9.09. The lowest BCUT2D eigenvalue weighted by Crippen LogP contribution is -2.21. The minimum Gasteiger partial charge on any atom is -0.454 e. The van der Waals surface area contributed by atoms with E-state index in [-0.39, 0.29) is 0 Å². The maximum absolute atomic E-state index is 5.56. The van der Waals surface area contributed by atoms with Gasteiger partial charge in [0, 0.05) is 21.3 Å². The van der Waals surface area contributed by atoms with Gasteiger partial charge in [-0.25, -0.2) is 0 Å². The van der Waals surface area contributed by atoms with Crippen LogP contribution >= 0.6 is 63.7 Å². The second kappa shape index (κ2) is 20.8. The van der Waals surface area contributed by atoms with Crippen molar-refractivity contribution in [2.24, 2.45) is 23.7 Å². The molecule has 4 atom stereocenters. The van der Waals surface area contributed by atoms with Crippen LogP contribution in [0.5, 0.6) is 46.0 Å². The minimum atomic E-state index is 0.318. The van der Waals surface area contributed by atoms with Crippen LogP contribution < -0.4 is 37.9 Å². The Balaban J connectivity index is 0.000000172. The molecule has 4 heterocycles. The van der Waals surface area contributed by atoms with Crippen LogP contribution in [0.15, 0.2) is 72.8 Å². The zero-order valence-electron chi connectivity index (χ0n) is 31.3. The van der Waals surface area contributed by atoms with Crippen molar-refractivity contribution in [1.29, 1.82) is 0 Å². The number of benzene rings is 4. The molecule has 0 saturated carbocycles. The number of alkyl halides is 4. The van der Waals surface area contributed by atoms with Gasteiger partial charge in [-0.3, -0.25) is 0 Å². The van der Waals surface area contributed by atoms with Gasteiger partial charge in [0.2, 0.25) is 27.2 Å². The predicted octanol–water partition coefficient (Wildman–Crippen LogP) is 11.5. The van der Waals surface area contributed by atoms with Crippen LogP contribution in [0.1, 0.15) is 47.9 Å². The molecule has 56 heavy (non-hydrogen) atoms. The van der Waals surface area contributed by atoms with Crippen LogP contribution in [-0.4, -0.2) is 48.5 Å². The maximum Gasteiger partial charge on any atom is 0.231 e. The van der Waals surface area contributed by atoms with Crippen LogP contribution in [0.4, 0.5) is 0 Å². The molecule has 0 unspecified atom stereocenters. The van der Waals surface area contributed by atoms with Gasteiger partial charge in [-0.15, -0.1) is 0 Å². The highest BCUT2D eigenvalue weighted by Crippen LogP contribution is 2.39. The van der Waals surface area contributed by atoms with Gasteiger partial charge < -0.3 is 37.9 Å². The molecule has 4 aliphatic rings. The Morgan fingerprint density at radius 1 is 0.357 bits per heavy atom. The lowest BCUT2D eigenvalue weighted by Gasteiger charge is -2.26. The van der Waals surface area contributed by atoms with E-state index in [0.29, 0.717) is 50.8 Å². The van der Waals surface area contributed by atoms with Crippen molar-refractivity contribution in [2.75, 3.05) is 48.5 Å². The van der Waals surface area contributed by atoms with Crippen molar-refractivity contribution < 1.29 is 37.9 Å². The average Bonchev–Trinajstić information content (AvgIpc) is 4.06. The lowest BCUT2D eigenvalue weighted by atomic mass is 9.81. The SMILES string of the molecule is BrCCC[C@@H](Cc1ccc2c(c1)OCO2)[C@@H](CBr)Cc1ccc2c(c1)OCO2.BrCCC[C@H](Cc1ccc2c(c1)OCO2)[C@H](CBr)Cc1ccc2c(c1)OCO2. The number of hydrogen-bond donors (Lipinski definition) is 0. The molecule has 0 aromatic heterocycles. The quantitative estimate of drug-likeness (QED) is 0.0913. The summed E-state index contributed by atoms with van der Waals surface area (Å²) in [4.78, 5) is 0. The van der Waals surface area contributed by atoms with Gasteiger partial charge in [0.15, 0.2) is 46.0 Å². The summed E-state index contributed by atoms with van der Waals surface area (Å²) < 4.78 is 44.0. The zero-order chi connectivity index (χ0) is 38.7. The fraction of sp³-hybridized carbons (Fsp3) is 0.455. The van der Waals surface area contributed by atoms with E-state index in [1.54, 1.807) is 0 Å². The fourth-order valence-electron chi connectivity index (χ4n) is 7.86. The highest BCUT2D eigenvalue weighted by atomic mass is 79.9. The van der Waals surface area contributed by atoms with E-state index in [1.807, 2.05) is 24.3 Å². The molecule has 12 heteroatoms. The molecule has 8 rings (SSSR count). The van der Waals surface area contributed by atoms with Gasteiger partial charge in [0.05, 0.1) is 0 Å². The summed E-state index contributed by atoms with van der Waals surface area (Å²) in [5.74, 6) is 9.03. The molecule has 4 aromatic rings. The normalized spacial score (nSPS) is 16.2. The molecule has 4 aromatic carbocycles. The Labute approximate surface area is 363 Å². The first-order valence-electron chi connectivity index (χ1n) is 19.3. The summed E-state index contributed by atoms with van der Waals surface area (Å²) >= 11 is 14.8. The Hall–Kier alpha value is -2.80. The second-order valence-corrected chi connectivity index (χ2v) is 17.5. The topological polar surface area (TPSA) is 73.8 Å². The van der Waals surface area contributed by atoms with E-state index in [1.165, 1.54) is 47.9 Å². The molecule has 0 N–H and O–H groups in total. The van der Waals surface area contributed by atoms with E-state index >= 15 is 0 Å². The van der Waals surface area contributed by atoms with Crippen molar-refractivity contribution in [1.82, 2.24) is 0 Å². The van der Waals surface area contributed by atoms with Crippen molar-refractivity contribution in [3.8, 4) is 46.0 Å². The lowest BCUT2D eigenvalue weighted by molar-refractivity contribution is 0.173. The Bertz CT molecular complexity index is 1760. The molecule has 0 amide bonds. The number of hydrogen-bond acceptors (Lipinski definition) is 8. The third-order valence-electron chi connectivity index (χ3n) is 10.9. The number of fused-ring (bicyclic) bond motifs is 4. The van der Waals surface area contributed by atoms with E-state index in [4.69, 9.17) is 37.9 Å². The van der Waals surface area contributed by atoms with Crippen LogP contribution in [0.3, 0.4) is 0 Å². The first-order chi connectivity index (χ1) is 27.5. The number of ether oxygens (including phenoxy) is 8. The van der Waals surface area contributed by atoms with Crippen LogP contribution in [0, 0.1) is 23.7 Å². The highest BCUT2D eigenvalue weighted by Gasteiger charge is 2.26. The molecule has 0 aliphatic carbocycles. The average molecular weight is 1020 g/mol. The van der Waals surface area contributed by atoms with E-state index in [9.17, 15) is 0 Å². The molecule has 4 aliphatic heterocycles. The minimum absolute atomic E-state index is 0.318. The molecule has 0 saturated heterocycles. The maximum atomic E-state index is 5.56. The van der Waals surface area contributed by atoms with Crippen molar-refractivity contribution in [3.63, 3.8) is 0 Å². The second-order valence-electron chi connectivity index (χ2n) is 14.6. The molecule has 0 radical (unpaired) electrons. The molecular weight excluding hydrogens is 976 g/mol. The van der Waals surface area contributed by atoms with Crippen molar-refractivity contribution in [2.45, 2.75) is 51.4 Å². The summed E-state index contributed by atoms with van der Waals surface area (Å²) in [5.41, 5.74) is 5.20. The van der Waals surface area contributed by atoms with E-state index in [2.05, 4.69) is 112 Å². The number of rotatable bonds is 18. The fourth-order valence-corrected chi connectivity index (χ4v) is 10.0. The first kappa shape index (κ1) is 41.4. The van der Waals surface area contributed by atoms with Gasteiger partial charge in [-0.1, -0.05) is 88.0 Å². The van der Waals surface area contributed by atoms with E-state index < -0.39 is 0 Å². The van der Waals surface area contributed by atoms with Gasteiger partial charge in [0.1, 0.15) is 0 Å². The van der Waals surface area contributed by atoms with Gasteiger partial charge in [-0.2, -0.15) is 0 Å². The van der Waals surface area contributed by atoms with Crippen LogP contribution in [-0.2, 0) is 25.7 Å². The van der Waals surface area contributed by atoms with Crippen molar-refractivity contribution >= 4 is 63.7 Å². The number of halogens is 4. The zero-order valence-corrected chi connectivity index (χ0v) is 37.7. The van der Waals surface area contributed by atoms with E-state index in [0.717, 1.165) is 93.0 Å². The molecule has 8 nitrogen and oxygen atoms in total. The third kappa shape index (κ3) is 10.8. The summed E-state index contributed by atoms with van der Waals surface area (Å²) in [6.07, 6.45) is 8.79. The van der Waals surface area contributed by atoms with Crippen LogP contribution in [0.25, 0.3) is 0 Å².